The number of hydrogen-bond donors (Lipinski definition) is 0. The number of ether oxygens (including phenoxy) is 1. The lowest BCUT2D eigenvalue weighted by Gasteiger charge is -2.06. The number of carbonyl (C=O) groups is 1. The Morgan fingerprint density at radius 2 is 1.68 bits per heavy atom. The second-order valence-electron chi connectivity index (χ2n) is 6.22. The summed E-state index contributed by atoms with van der Waals surface area (Å²) in [5.74, 6) is 0.744. The van der Waals surface area contributed by atoms with Crippen molar-refractivity contribution in [3.8, 4) is 5.75 Å². The van der Waals surface area contributed by atoms with Crippen molar-refractivity contribution in [1.82, 2.24) is 0 Å². The van der Waals surface area contributed by atoms with E-state index in [1.807, 2.05) is 54.6 Å². The van der Waals surface area contributed by atoms with Crippen LogP contribution in [0.25, 0.3) is 6.08 Å². The highest BCUT2D eigenvalue weighted by atomic mass is 32.2. The highest BCUT2D eigenvalue weighted by Gasteiger charge is 2.24. The van der Waals surface area contributed by atoms with Gasteiger partial charge >= 0.3 is 0 Å². The molecular weight excluding hydrogens is 374 g/mol. The maximum atomic E-state index is 12.4. The van der Waals surface area contributed by atoms with Crippen LogP contribution in [0.3, 0.4) is 0 Å². The van der Waals surface area contributed by atoms with E-state index in [-0.39, 0.29) is 11.5 Å². The van der Waals surface area contributed by atoms with Gasteiger partial charge in [-0.3, -0.25) is 14.9 Å². The number of rotatable bonds is 5. The Morgan fingerprint density at radius 1 is 0.964 bits per heavy atom. The number of thioether (sulfide) groups is 1. The molecule has 0 fully saturated rings. The van der Waals surface area contributed by atoms with Crippen molar-refractivity contribution in [3.05, 3.63) is 105 Å². The van der Waals surface area contributed by atoms with Gasteiger partial charge in [0.1, 0.15) is 12.4 Å². The third-order valence-electron chi connectivity index (χ3n) is 4.31. The second-order valence-corrected chi connectivity index (χ2v) is 7.30. The van der Waals surface area contributed by atoms with Gasteiger partial charge in [0.15, 0.2) is 0 Å². The lowest BCUT2D eigenvalue weighted by atomic mass is 10.1. The van der Waals surface area contributed by atoms with Crippen LogP contribution in [0.2, 0.25) is 0 Å². The van der Waals surface area contributed by atoms with Crippen LogP contribution in [0.4, 0.5) is 5.69 Å². The van der Waals surface area contributed by atoms with Crippen LogP contribution in [0.5, 0.6) is 5.75 Å². The summed E-state index contributed by atoms with van der Waals surface area (Å²) < 4.78 is 5.73. The van der Waals surface area contributed by atoms with Crippen molar-refractivity contribution in [2.24, 2.45) is 0 Å². The summed E-state index contributed by atoms with van der Waals surface area (Å²) in [5, 5.41) is 10.7. The number of nitro benzene ring substituents is 1. The zero-order valence-corrected chi connectivity index (χ0v) is 15.5. The molecule has 3 aromatic carbocycles. The monoisotopic (exact) mass is 389 g/mol. The molecule has 0 N–H and O–H groups in total. The fourth-order valence-electron chi connectivity index (χ4n) is 2.83. The first-order valence-corrected chi connectivity index (χ1v) is 9.41. The molecule has 0 atom stereocenters. The number of allylic oxidation sites excluding steroid dienone is 1. The molecule has 0 unspecified atom stereocenters. The van der Waals surface area contributed by atoms with E-state index < -0.39 is 4.92 Å². The van der Waals surface area contributed by atoms with E-state index in [9.17, 15) is 14.9 Å². The molecule has 0 radical (unpaired) electrons. The van der Waals surface area contributed by atoms with Crippen LogP contribution >= 0.6 is 11.8 Å². The quantitative estimate of drug-likeness (QED) is 0.327. The van der Waals surface area contributed by atoms with Gasteiger partial charge in [0.05, 0.1) is 9.83 Å². The molecule has 4 rings (SSSR count). The number of carbonyl (C=O) groups excluding carboxylic acids is 1. The Kier molecular flexibility index (Phi) is 4.95. The molecule has 1 aliphatic rings. The zero-order valence-electron chi connectivity index (χ0n) is 14.7. The van der Waals surface area contributed by atoms with E-state index in [1.165, 1.54) is 23.9 Å². The molecular formula is C22H15NO4S. The van der Waals surface area contributed by atoms with Crippen LogP contribution < -0.4 is 4.74 Å². The highest BCUT2D eigenvalue weighted by Crippen LogP contribution is 2.40. The van der Waals surface area contributed by atoms with Gasteiger partial charge in [-0.15, -0.1) is 0 Å². The van der Waals surface area contributed by atoms with Gasteiger partial charge in [-0.1, -0.05) is 36.0 Å². The van der Waals surface area contributed by atoms with E-state index in [4.69, 9.17) is 4.74 Å². The van der Waals surface area contributed by atoms with Crippen molar-refractivity contribution in [2.75, 3.05) is 0 Å². The normalized spacial score (nSPS) is 14.1. The molecule has 0 aliphatic carbocycles. The molecule has 0 spiro atoms. The molecule has 5 nitrogen and oxygen atoms in total. The molecule has 0 aromatic heterocycles. The molecule has 0 bridgehead atoms. The summed E-state index contributed by atoms with van der Waals surface area (Å²) in [4.78, 5) is 24.4. The van der Waals surface area contributed by atoms with E-state index in [0.29, 0.717) is 17.3 Å². The van der Waals surface area contributed by atoms with Gasteiger partial charge in [-0.25, -0.2) is 0 Å². The average Bonchev–Trinajstić information content (AvgIpc) is 3.03. The maximum Gasteiger partial charge on any atom is 0.269 e. The summed E-state index contributed by atoms with van der Waals surface area (Å²) in [5.41, 5.74) is 2.58. The van der Waals surface area contributed by atoms with Crippen LogP contribution in [-0.2, 0) is 6.61 Å². The Balaban J connectivity index is 1.40. The largest absolute Gasteiger partial charge is 0.489 e. The van der Waals surface area contributed by atoms with Crippen LogP contribution in [0, 0.1) is 10.1 Å². The number of non-ortho nitro benzene ring substituents is 1. The number of ketones is 1. The highest BCUT2D eigenvalue weighted by molar-refractivity contribution is 8.04. The van der Waals surface area contributed by atoms with Crippen LogP contribution in [0.15, 0.2) is 82.6 Å². The van der Waals surface area contributed by atoms with Gasteiger partial charge in [0.2, 0.25) is 5.78 Å². The molecule has 0 saturated carbocycles. The third-order valence-corrected chi connectivity index (χ3v) is 5.40. The lowest BCUT2D eigenvalue weighted by molar-refractivity contribution is -0.384. The van der Waals surface area contributed by atoms with Crippen molar-refractivity contribution < 1.29 is 14.5 Å². The van der Waals surface area contributed by atoms with Gasteiger partial charge in [-0.05, 0) is 53.6 Å². The predicted molar refractivity (Wildman–Crippen MR) is 108 cm³/mol. The summed E-state index contributed by atoms with van der Waals surface area (Å²) in [6, 6.07) is 21.4. The molecule has 1 aliphatic heterocycles. The number of nitro groups is 1. The van der Waals surface area contributed by atoms with Gasteiger partial charge in [0.25, 0.3) is 5.69 Å². The van der Waals surface area contributed by atoms with E-state index >= 15 is 0 Å². The third kappa shape index (κ3) is 3.82. The first-order chi connectivity index (χ1) is 13.6. The summed E-state index contributed by atoms with van der Waals surface area (Å²) in [6.07, 6.45) is 1.88. The Labute approximate surface area is 165 Å². The number of fused-ring (bicyclic) bond motifs is 1. The van der Waals surface area contributed by atoms with Gasteiger partial charge in [-0.2, -0.15) is 0 Å². The Hall–Kier alpha value is -3.38. The molecule has 3 aromatic rings. The minimum atomic E-state index is -0.427. The fourth-order valence-corrected chi connectivity index (χ4v) is 3.88. The van der Waals surface area contributed by atoms with Crippen LogP contribution in [0.1, 0.15) is 21.5 Å². The van der Waals surface area contributed by atoms with Crippen molar-refractivity contribution in [3.63, 3.8) is 0 Å². The molecule has 6 heteroatoms. The van der Waals surface area contributed by atoms with Gasteiger partial charge in [0, 0.05) is 22.6 Å². The number of benzene rings is 3. The lowest BCUT2D eigenvalue weighted by Crippen LogP contribution is -1.96. The second kappa shape index (κ2) is 7.70. The van der Waals surface area contributed by atoms with Crippen LogP contribution in [-0.4, -0.2) is 10.7 Å². The Morgan fingerprint density at radius 3 is 2.36 bits per heavy atom. The Bertz CT molecular complexity index is 1070. The zero-order chi connectivity index (χ0) is 19.5. The predicted octanol–water partition coefficient (Wildman–Crippen LogP) is 5.50. The fraction of sp³-hybridized carbons (Fsp3) is 0.0455. The minimum absolute atomic E-state index is 0.0547. The SMILES string of the molecule is O=C1C(=Cc2ccc(OCc3ccc([N+](=O)[O-])cc3)cc2)Sc2ccccc21. The molecule has 0 saturated heterocycles. The first-order valence-electron chi connectivity index (χ1n) is 8.59. The minimum Gasteiger partial charge on any atom is -0.489 e. The molecule has 1 heterocycles. The number of Topliss-reactive ketones (excluding diaryl/α,β-unsaturated/α-hetero) is 1. The standard InChI is InChI=1S/C22H15NO4S/c24-22-19-3-1-2-4-20(19)28-21(22)13-15-7-11-18(12-8-15)27-14-16-5-9-17(10-6-16)23(25)26/h1-13H,14H2. The van der Waals surface area contributed by atoms with E-state index in [0.717, 1.165) is 21.6 Å². The number of hydrogen-bond acceptors (Lipinski definition) is 5. The van der Waals surface area contributed by atoms with E-state index in [1.54, 1.807) is 12.1 Å². The summed E-state index contributed by atoms with van der Waals surface area (Å²) in [7, 11) is 0. The smallest absolute Gasteiger partial charge is 0.269 e. The molecule has 138 valence electrons. The van der Waals surface area contributed by atoms with E-state index in [2.05, 4.69) is 0 Å². The van der Waals surface area contributed by atoms with Gasteiger partial charge < -0.3 is 4.74 Å². The van der Waals surface area contributed by atoms with Crippen molar-refractivity contribution in [1.29, 1.82) is 0 Å². The number of nitrogens with zero attached hydrogens (tertiary/aromatic N) is 1. The van der Waals surface area contributed by atoms with Crippen molar-refractivity contribution >= 4 is 29.3 Å². The topological polar surface area (TPSA) is 69.4 Å². The molecule has 0 amide bonds. The summed E-state index contributed by atoms with van der Waals surface area (Å²) >= 11 is 1.49. The first kappa shape index (κ1) is 18.0. The average molecular weight is 389 g/mol. The summed E-state index contributed by atoms with van der Waals surface area (Å²) in [6.45, 7) is 0.322. The maximum absolute atomic E-state index is 12.4. The van der Waals surface area contributed by atoms with Crippen molar-refractivity contribution in [2.45, 2.75) is 11.5 Å². The molecule has 28 heavy (non-hydrogen) atoms.